The topological polar surface area (TPSA) is 67.2 Å². The molecule has 1 saturated heterocycles. The molecule has 0 N–H and O–H groups in total. The van der Waals surface area contributed by atoms with Crippen LogP contribution in [0.25, 0.3) is 11.4 Å². The first-order valence-corrected chi connectivity index (χ1v) is 8.36. The van der Waals surface area contributed by atoms with Gasteiger partial charge in [-0.15, -0.1) is 10.2 Å². The molecule has 0 spiro atoms. The molecule has 0 atom stereocenters. The number of nitrogens with zero attached hydrogens (tertiary/aromatic N) is 6. The summed E-state index contributed by atoms with van der Waals surface area (Å²) in [6, 6.07) is 7.95. The maximum atomic E-state index is 12.3. The van der Waals surface area contributed by atoms with Crippen molar-refractivity contribution in [2.24, 2.45) is 5.92 Å². The minimum atomic E-state index is 0.0637. The summed E-state index contributed by atoms with van der Waals surface area (Å²) >= 11 is 0. The van der Waals surface area contributed by atoms with Gasteiger partial charge in [-0.1, -0.05) is 6.92 Å². The summed E-state index contributed by atoms with van der Waals surface area (Å²) < 4.78 is 0. The Labute approximate surface area is 142 Å². The Bertz CT molecular complexity index is 685. The van der Waals surface area contributed by atoms with E-state index < -0.39 is 0 Å². The molecule has 1 fully saturated rings. The molecule has 2 aromatic rings. The lowest BCUT2D eigenvalue weighted by molar-refractivity contribution is -0.133. The molecule has 0 radical (unpaired) electrons. The van der Waals surface area contributed by atoms with Gasteiger partial charge in [-0.3, -0.25) is 4.79 Å². The van der Waals surface area contributed by atoms with Gasteiger partial charge in [-0.2, -0.15) is 4.80 Å². The van der Waals surface area contributed by atoms with Crippen molar-refractivity contribution in [2.75, 3.05) is 32.1 Å². The molecular formula is C17H24N6O. The standard InChI is InChI=1S/C17H24N6O/c1-13-8-10-22(11-9-13)16(24)12-23-19-17(18-20-23)14-4-6-15(7-5-14)21(2)3/h4-7,13H,8-12H2,1-3H3. The van der Waals surface area contributed by atoms with Crippen molar-refractivity contribution in [2.45, 2.75) is 26.3 Å². The van der Waals surface area contributed by atoms with Gasteiger partial charge in [-0.25, -0.2) is 0 Å². The molecule has 0 bridgehead atoms. The molecule has 3 rings (SSSR count). The van der Waals surface area contributed by atoms with Gasteiger partial charge in [0, 0.05) is 38.4 Å². The molecule has 24 heavy (non-hydrogen) atoms. The molecule has 128 valence electrons. The van der Waals surface area contributed by atoms with Gasteiger partial charge < -0.3 is 9.80 Å². The second-order valence-electron chi connectivity index (χ2n) is 6.65. The average molecular weight is 328 g/mol. The molecule has 7 heteroatoms. The van der Waals surface area contributed by atoms with Gasteiger partial charge in [0.1, 0.15) is 6.54 Å². The number of aromatic nitrogens is 4. The Hall–Kier alpha value is -2.44. The number of amides is 1. The quantitative estimate of drug-likeness (QED) is 0.854. The molecule has 1 aromatic carbocycles. The van der Waals surface area contributed by atoms with Crippen LogP contribution in [0.3, 0.4) is 0 Å². The molecular weight excluding hydrogens is 304 g/mol. The highest BCUT2D eigenvalue weighted by molar-refractivity contribution is 5.75. The lowest BCUT2D eigenvalue weighted by Crippen LogP contribution is -2.40. The minimum absolute atomic E-state index is 0.0637. The molecule has 0 saturated carbocycles. The average Bonchev–Trinajstić information content (AvgIpc) is 3.04. The number of rotatable bonds is 4. The van der Waals surface area contributed by atoms with E-state index in [1.165, 1.54) is 4.80 Å². The monoisotopic (exact) mass is 328 g/mol. The van der Waals surface area contributed by atoms with E-state index in [1.807, 2.05) is 48.2 Å². The van der Waals surface area contributed by atoms with E-state index in [0.29, 0.717) is 11.7 Å². The van der Waals surface area contributed by atoms with Crippen LogP contribution in [0.4, 0.5) is 5.69 Å². The summed E-state index contributed by atoms with van der Waals surface area (Å²) in [5.41, 5.74) is 2.01. The lowest BCUT2D eigenvalue weighted by Gasteiger charge is -2.30. The molecule has 0 aliphatic carbocycles. The van der Waals surface area contributed by atoms with Crippen molar-refractivity contribution >= 4 is 11.6 Å². The SMILES string of the molecule is CC1CCN(C(=O)Cn2nnc(-c3ccc(N(C)C)cc3)n2)CC1. The summed E-state index contributed by atoms with van der Waals surface area (Å²) in [5, 5.41) is 12.4. The number of anilines is 1. The van der Waals surface area contributed by atoms with E-state index in [4.69, 9.17) is 0 Å². The van der Waals surface area contributed by atoms with Crippen molar-refractivity contribution in [1.82, 2.24) is 25.1 Å². The van der Waals surface area contributed by atoms with Gasteiger partial charge in [0.25, 0.3) is 0 Å². The zero-order valence-corrected chi connectivity index (χ0v) is 14.5. The van der Waals surface area contributed by atoms with E-state index >= 15 is 0 Å². The fourth-order valence-electron chi connectivity index (χ4n) is 2.81. The summed E-state index contributed by atoms with van der Waals surface area (Å²) in [5.74, 6) is 1.31. The van der Waals surface area contributed by atoms with E-state index in [-0.39, 0.29) is 12.5 Å². The number of carbonyl (C=O) groups is 1. The first-order valence-electron chi connectivity index (χ1n) is 8.36. The fourth-order valence-corrected chi connectivity index (χ4v) is 2.81. The van der Waals surface area contributed by atoms with Crippen molar-refractivity contribution < 1.29 is 4.79 Å². The second-order valence-corrected chi connectivity index (χ2v) is 6.65. The molecule has 7 nitrogen and oxygen atoms in total. The minimum Gasteiger partial charge on any atom is -0.378 e. The number of carbonyl (C=O) groups excluding carboxylic acids is 1. The zero-order chi connectivity index (χ0) is 17.1. The first-order chi connectivity index (χ1) is 11.5. The zero-order valence-electron chi connectivity index (χ0n) is 14.5. The highest BCUT2D eigenvalue weighted by Gasteiger charge is 2.21. The molecule has 0 unspecified atom stereocenters. The Kier molecular flexibility index (Phi) is 4.78. The highest BCUT2D eigenvalue weighted by Crippen LogP contribution is 2.19. The molecule has 1 aromatic heterocycles. The van der Waals surface area contributed by atoms with Gasteiger partial charge >= 0.3 is 0 Å². The molecule has 1 amide bonds. The maximum Gasteiger partial charge on any atom is 0.246 e. The predicted molar refractivity (Wildman–Crippen MR) is 92.6 cm³/mol. The number of benzene rings is 1. The number of likely N-dealkylation sites (tertiary alicyclic amines) is 1. The summed E-state index contributed by atoms with van der Waals surface area (Å²) in [7, 11) is 3.99. The van der Waals surface area contributed by atoms with Gasteiger partial charge in [0.05, 0.1) is 0 Å². The van der Waals surface area contributed by atoms with Crippen LogP contribution in [0.5, 0.6) is 0 Å². The first kappa shape index (κ1) is 16.4. The Morgan fingerprint density at radius 2 is 1.88 bits per heavy atom. The largest absolute Gasteiger partial charge is 0.378 e. The van der Waals surface area contributed by atoms with Crippen LogP contribution < -0.4 is 4.90 Å². The molecule has 1 aliphatic rings. The van der Waals surface area contributed by atoms with Crippen molar-refractivity contribution in [3.05, 3.63) is 24.3 Å². The van der Waals surface area contributed by atoms with Crippen molar-refractivity contribution in [1.29, 1.82) is 0 Å². The number of hydrogen-bond acceptors (Lipinski definition) is 5. The van der Waals surface area contributed by atoms with Crippen LogP contribution in [-0.2, 0) is 11.3 Å². The van der Waals surface area contributed by atoms with Crippen LogP contribution in [-0.4, -0.2) is 58.2 Å². The maximum absolute atomic E-state index is 12.3. The van der Waals surface area contributed by atoms with Crippen molar-refractivity contribution in [3.8, 4) is 11.4 Å². The number of hydrogen-bond donors (Lipinski definition) is 0. The summed E-state index contributed by atoms with van der Waals surface area (Å²) in [4.78, 5) is 17.6. The third-order valence-corrected chi connectivity index (χ3v) is 4.51. The van der Waals surface area contributed by atoms with E-state index in [9.17, 15) is 4.79 Å². The summed E-state index contributed by atoms with van der Waals surface area (Å²) in [6.07, 6.45) is 2.14. The van der Waals surface area contributed by atoms with Crippen LogP contribution in [0, 0.1) is 5.92 Å². The number of piperidine rings is 1. The normalized spacial score (nSPS) is 15.5. The third kappa shape index (κ3) is 3.72. The highest BCUT2D eigenvalue weighted by atomic mass is 16.2. The van der Waals surface area contributed by atoms with Crippen LogP contribution in [0.1, 0.15) is 19.8 Å². The van der Waals surface area contributed by atoms with Gasteiger partial charge in [0.2, 0.25) is 11.7 Å². The summed E-state index contributed by atoms with van der Waals surface area (Å²) in [6.45, 7) is 4.03. The number of tetrazole rings is 1. The van der Waals surface area contributed by atoms with E-state index in [2.05, 4.69) is 22.3 Å². The second kappa shape index (κ2) is 6.98. The van der Waals surface area contributed by atoms with E-state index in [1.54, 1.807) is 0 Å². The Morgan fingerprint density at radius 3 is 2.50 bits per heavy atom. The smallest absolute Gasteiger partial charge is 0.246 e. The molecule has 2 heterocycles. The van der Waals surface area contributed by atoms with E-state index in [0.717, 1.165) is 37.2 Å². The Morgan fingerprint density at radius 1 is 1.21 bits per heavy atom. The Balaban J connectivity index is 1.64. The molecule has 1 aliphatic heterocycles. The van der Waals surface area contributed by atoms with Gasteiger partial charge in [0.15, 0.2) is 0 Å². The predicted octanol–water partition coefficient (Wildman–Crippen LogP) is 1.66. The lowest BCUT2D eigenvalue weighted by atomic mass is 9.99. The third-order valence-electron chi connectivity index (χ3n) is 4.51. The van der Waals surface area contributed by atoms with Crippen LogP contribution >= 0.6 is 0 Å². The van der Waals surface area contributed by atoms with Crippen molar-refractivity contribution in [3.63, 3.8) is 0 Å². The fraction of sp³-hybridized carbons (Fsp3) is 0.529. The van der Waals surface area contributed by atoms with Gasteiger partial charge in [-0.05, 0) is 48.2 Å². The van der Waals surface area contributed by atoms with Crippen LogP contribution in [0.15, 0.2) is 24.3 Å². The van der Waals surface area contributed by atoms with Crippen LogP contribution in [0.2, 0.25) is 0 Å².